The van der Waals surface area contributed by atoms with Crippen LogP contribution in [0.1, 0.15) is 17.4 Å². The molecule has 1 aliphatic heterocycles. The summed E-state index contributed by atoms with van der Waals surface area (Å²) < 4.78 is 7.26. The predicted octanol–water partition coefficient (Wildman–Crippen LogP) is 1.18. The lowest BCUT2D eigenvalue weighted by Gasteiger charge is -2.34. The molecule has 1 aliphatic rings. The summed E-state index contributed by atoms with van der Waals surface area (Å²) in [6, 6.07) is 5.49. The van der Waals surface area contributed by atoms with Gasteiger partial charge < -0.3 is 19.1 Å². The molecule has 3 heterocycles. The van der Waals surface area contributed by atoms with Gasteiger partial charge in [0.1, 0.15) is 5.69 Å². The Hall–Kier alpha value is -2.57. The summed E-state index contributed by atoms with van der Waals surface area (Å²) in [4.78, 5) is 25.2. The quantitative estimate of drug-likeness (QED) is 0.848. The van der Waals surface area contributed by atoms with Crippen molar-refractivity contribution in [2.75, 3.05) is 37.7 Å². The van der Waals surface area contributed by atoms with Crippen LogP contribution in [0.25, 0.3) is 0 Å². The Balaban J connectivity index is 1.63. The highest BCUT2D eigenvalue weighted by molar-refractivity contribution is 5.92. The Morgan fingerprint density at radius 2 is 2.04 bits per heavy atom. The molecule has 1 amide bonds. The second kappa shape index (κ2) is 6.68. The number of ether oxygens (including phenoxy) is 1. The van der Waals surface area contributed by atoms with Crippen LogP contribution in [0, 0.1) is 0 Å². The van der Waals surface area contributed by atoms with E-state index >= 15 is 0 Å². The van der Waals surface area contributed by atoms with E-state index in [2.05, 4.69) is 14.9 Å². The van der Waals surface area contributed by atoms with Crippen molar-refractivity contribution in [3.63, 3.8) is 0 Å². The third-order valence-corrected chi connectivity index (χ3v) is 3.92. The molecule has 23 heavy (non-hydrogen) atoms. The van der Waals surface area contributed by atoms with Gasteiger partial charge in [0.25, 0.3) is 5.91 Å². The van der Waals surface area contributed by atoms with Crippen LogP contribution >= 0.6 is 0 Å². The molecular formula is C16H21N5O2. The normalized spacial score (nSPS) is 14.9. The second-order valence-electron chi connectivity index (χ2n) is 5.41. The number of amides is 1. The molecule has 7 heteroatoms. The molecule has 0 N–H and O–H groups in total. The molecule has 7 nitrogen and oxygen atoms in total. The number of rotatable bonds is 4. The van der Waals surface area contributed by atoms with Gasteiger partial charge in [-0.3, -0.25) is 4.79 Å². The number of carbonyl (C=O) groups is 1. The van der Waals surface area contributed by atoms with Crippen LogP contribution in [0.3, 0.4) is 0 Å². The van der Waals surface area contributed by atoms with Gasteiger partial charge in [-0.25, -0.2) is 4.98 Å². The lowest BCUT2D eigenvalue weighted by atomic mass is 10.3. The molecule has 2 aromatic heterocycles. The summed E-state index contributed by atoms with van der Waals surface area (Å²) in [5.41, 5.74) is 0.716. The van der Waals surface area contributed by atoms with E-state index in [1.807, 2.05) is 41.8 Å². The Morgan fingerprint density at radius 1 is 1.26 bits per heavy atom. The predicted molar refractivity (Wildman–Crippen MR) is 86.7 cm³/mol. The van der Waals surface area contributed by atoms with E-state index in [0.29, 0.717) is 50.3 Å². The van der Waals surface area contributed by atoms with Gasteiger partial charge in [-0.05, 0) is 19.1 Å². The standard InChI is InChI=1S/C16H21N5O2/c1-3-23-14-6-7-17-16(18-14)21-11-9-20(10-12-21)15(22)13-5-4-8-19(13)2/h4-8H,3,9-12H2,1-2H3. The first-order chi connectivity index (χ1) is 11.2. The maximum Gasteiger partial charge on any atom is 0.270 e. The van der Waals surface area contributed by atoms with E-state index in [4.69, 9.17) is 4.74 Å². The SMILES string of the molecule is CCOc1ccnc(N2CCN(C(=O)c3cccn3C)CC2)n1. The Bertz CT molecular complexity index is 677. The van der Waals surface area contributed by atoms with Crippen molar-refractivity contribution in [2.45, 2.75) is 6.92 Å². The molecule has 0 saturated carbocycles. The fraction of sp³-hybridized carbons (Fsp3) is 0.438. The topological polar surface area (TPSA) is 63.5 Å². The van der Waals surface area contributed by atoms with Gasteiger partial charge >= 0.3 is 0 Å². The van der Waals surface area contributed by atoms with E-state index in [0.717, 1.165) is 0 Å². The molecule has 0 aliphatic carbocycles. The molecule has 0 spiro atoms. The van der Waals surface area contributed by atoms with Crippen LogP contribution in [-0.4, -0.2) is 58.1 Å². The first-order valence-electron chi connectivity index (χ1n) is 7.80. The molecule has 0 atom stereocenters. The third-order valence-electron chi connectivity index (χ3n) is 3.92. The van der Waals surface area contributed by atoms with Gasteiger partial charge in [0.2, 0.25) is 11.8 Å². The summed E-state index contributed by atoms with van der Waals surface area (Å²) >= 11 is 0. The van der Waals surface area contributed by atoms with Crippen LogP contribution in [0.5, 0.6) is 5.88 Å². The number of aryl methyl sites for hydroxylation is 1. The van der Waals surface area contributed by atoms with Crippen molar-refractivity contribution in [1.82, 2.24) is 19.4 Å². The average Bonchev–Trinajstić information content (AvgIpc) is 3.01. The lowest BCUT2D eigenvalue weighted by molar-refractivity contribution is 0.0736. The number of hydrogen-bond acceptors (Lipinski definition) is 5. The largest absolute Gasteiger partial charge is 0.478 e. The highest BCUT2D eigenvalue weighted by Crippen LogP contribution is 2.16. The van der Waals surface area contributed by atoms with Gasteiger partial charge in [0, 0.05) is 51.7 Å². The number of nitrogens with zero attached hydrogens (tertiary/aromatic N) is 5. The van der Waals surface area contributed by atoms with Crippen molar-refractivity contribution in [3.8, 4) is 5.88 Å². The molecule has 1 fully saturated rings. The number of anilines is 1. The van der Waals surface area contributed by atoms with Crippen LogP contribution in [0.2, 0.25) is 0 Å². The van der Waals surface area contributed by atoms with Crippen LogP contribution in [0.4, 0.5) is 5.95 Å². The molecule has 0 radical (unpaired) electrons. The first kappa shape index (κ1) is 15.3. The van der Waals surface area contributed by atoms with Crippen molar-refractivity contribution in [1.29, 1.82) is 0 Å². The maximum absolute atomic E-state index is 12.5. The van der Waals surface area contributed by atoms with E-state index < -0.39 is 0 Å². The third kappa shape index (κ3) is 3.28. The van der Waals surface area contributed by atoms with Gasteiger partial charge in [0.15, 0.2) is 0 Å². The van der Waals surface area contributed by atoms with E-state index in [9.17, 15) is 4.79 Å². The maximum atomic E-state index is 12.5. The minimum atomic E-state index is 0.0705. The first-order valence-corrected chi connectivity index (χ1v) is 7.80. The minimum absolute atomic E-state index is 0.0705. The summed E-state index contributed by atoms with van der Waals surface area (Å²) in [6.07, 6.45) is 3.59. The van der Waals surface area contributed by atoms with Crippen molar-refractivity contribution < 1.29 is 9.53 Å². The summed E-state index contributed by atoms with van der Waals surface area (Å²) in [6.45, 7) is 5.25. The van der Waals surface area contributed by atoms with Crippen molar-refractivity contribution in [2.24, 2.45) is 7.05 Å². The van der Waals surface area contributed by atoms with Gasteiger partial charge in [0.05, 0.1) is 6.61 Å². The van der Waals surface area contributed by atoms with Gasteiger partial charge in [-0.2, -0.15) is 4.98 Å². The number of piperazine rings is 1. The molecule has 3 rings (SSSR count). The lowest BCUT2D eigenvalue weighted by Crippen LogP contribution is -2.49. The van der Waals surface area contributed by atoms with Gasteiger partial charge in [-0.15, -0.1) is 0 Å². The van der Waals surface area contributed by atoms with E-state index in [-0.39, 0.29) is 5.91 Å². The zero-order valence-corrected chi connectivity index (χ0v) is 13.5. The monoisotopic (exact) mass is 315 g/mol. The van der Waals surface area contributed by atoms with E-state index in [1.165, 1.54) is 0 Å². The number of aromatic nitrogens is 3. The summed E-state index contributed by atoms with van der Waals surface area (Å²) in [5, 5.41) is 0. The highest BCUT2D eigenvalue weighted by Gasteiger charge is 2.24. The van der Waals surface area contributed by atoms with Crippen LogP contribution < -0.4 is 9.64 Å². The molecule has 1 saturated heterocycles. The Labute approximate surface area is 135 Å². The highest BCUT2D eigenvalue weighted by atomic mass is 16.5. The van der Waals surface area contributed by atoms with Crippen molar-refractivity contribution >= 4 is 11.9 Å². The molecule has 122 valence electrons. The minimum Gasteiger partial charge on any atom is -0.478 e. The smallest absolute Gasteiger partial charge is 0.270 e. The summed E-state index contributed by atoms with van der Waals surface area (Å²) in [7, 11) is 1.89. The fourth-order valence-corrected chi connectivity index (χ4v) is 2.67. The summed E-state index contributed by atoms with van der Waals surface area (Å²) in [5.74, 6) is 1.31. The molecule has 0 aromatic carbocycles. The second-order valence-corrected chi connectivity index (χ2v) is 5.41. The number of carbonyl (C=O) groups excluding carboxylic acids is 1. The zero-order chi connectivity index (χ0) is 16.2. The zero-order valence-electron chi connectivity index (χ0n) is 13.5. The fourth-order valence-electron chi connectivity index (χ4n) is 2.67. The molecule has 0 bridgehead atoms. The van der Waals surface area contributed by atoms with Crippen molar-refractivity contribution in [3.05, 3.63) is 36.3 Å². The Morgan fingerprint density at radius 3 is 2.70 bits per heavy atom. The molecule has 0 unspecified atom stereocenters. The molecule has 2 aromatic rings. The molecular weight excluding hydrogens is 294 g/mol. The van der Waals surface area contributed by atoms with Gasteiger partial charge in [-0.1, -0.05) is 0 Å². The van der Waals surface area contributed by atoms with E-state index in [1.54, 1.807) is 12.3 Å². The average molecular weight is 315 g/mol. The Kier molecular flexibility index (Phi) is 4.45. The van der Waals surface area contributed by atoms with Crippen LogP contribution in [-0.2, 0) is 7.05 Å². The number of hydrogen-bond donors (Lipinski definition) is 0. The van der Waals surface area contributed by atoms with Crippen LogP contribution in [0.15, 0.2) is 30.6 Å².